The predicted octanol–water partition coefficient (Wildman–Crippen LogP) is 3.66. The van der Waals surface area contributed by atoms with E-state index in [9.17, 15) is 22.4 Å². The van der Waals surface area contributed by atoms with Gasteiger partial charge < -0.3 is 15.2 Å². The first-order valence-electron chi connectivity index (χ1n) is 9.36. The van der Waals surface area contributed by atoms with Crippen LogP contribution in [0, 0.1) is 6.92 Å². The van der Waals surface area contributed by atoms with Crippen molar-refractivity contribution in [2.24, 2.45) is 10.7 Å². The highest BCUT2D eigenvalue weighted by molar-refractivity contribution is 6.09. The summed E-state index contributed by atoms with van der Waals surface area (Å²) in [5.74, 6) is -0.243. The molecule has 1 aliphatic heterocycles. The maximum absolute atomic E-state index is 13.3. The van der Waals surface area contributed by atoms with Crippen LogP contribution in [-0.4, -0.2) is 43.5 Å². The molecule has 31 heavy (non-hydrogen) atoms. The quantitative estimate of drug-likeness (QED) is 0.637. The van der Waals surface area contributed by atoms with Gasteiger partial charge in [-0.25, -0.2) is 13.8 Å². The molecule has 1 heterocycles. The van der Waals surface area contributed by atoms with Crippen molar-refractivity contribution in [1.82, 2.24) is 4.90 Å². The molecule has 1 amide bonds. The van der Waals surface area contributed by atoms with Gasteiger partial charge in [0.15, 0.2) is 11.5 Å². The van der Waals surface area contributed by atoms with Crippen molar-refractivity contribution in [2.75, 3.05) is 13.7 Å². The smallest absolute Gasteiger partial charge is 0.387 e. The average molecular weight is 439 g/mol. The molecule has 0 saturated carbocycles. The summed E-state index contributed by atoms with van der Waals surface area (Å²) in [6.07, 6.45) is -2.94. The first-order chi connectivity index (χ1) is 14.6. The maximum atomic E-state index is 13.3. The summed E-state index contributed by atoms with van der Waals surface area (Å²) in [5, 5.41) is 0. The maximum Gasteiger partial charge on any atom is 0.387 e. The van der Waals surface area contributed by atoms with Crippen LogP contribution in [-0.2, 0) is 10.3 Å². The van der Waals surface area contributed by atoms with Crippen molar-refractivity contribution < 1.29 is 31.8 Å². The number of carbonyl (C=O) groups excluding carboxylic acids is 1. The molecular weight excluding hydrogens is 418 g/mol. The number of hydrogen-bond acceptors (Lipinski definition) is 5. The van der Waals surface area contributed by atoms with E-state index < -0.39 is 30.9 Å². The van der Waals surface area contributed by atoms with Gasteiger partial charge in [-0.15, -0.1) is 0 Å². The van der Waals surface area contributed by atoms with Gasteiger partial charge in [0.2, 0.25) is 6.43 Å². The standard InChI is InChI=1S/C21H21F4N3O3/c1-12-10-14(6-7-16(12)31-19(24)25)21(18(29)28(2)20(26)27-21)13-4-3-5-15(11-13)30-9-8-17(22)23/h3-7,10-11,17,19H,8-9H2,1-2H3,(H2,26,27)/t21-/m0/s1. The van der Waals surface area contributed by atoms with Crippen molar-refractivity contribution in [3.05, 3.63) is 59.2 Å². The number of hydrogen-bond donors (Lipinski definition) is 1. The highest BCUT2D eigenvalue weighted by Gasteiger charge is 2.49. The number of likely N-dealkylation sites (N-methyl/N-ethyl adjacent to an activating group) is 1. The van der Waals surface area contributed by atoms with Crippen LogP contribution in [0.2, 0.25) is 0 Å². The normalized spacial score (nSPS) is 18.6. The Morgan fingerprint density at radius 2 is 1.84 bits per heavy atom. The molecule has 2 aromatic carbocycles. The van der Waals surface area contributed by atoms with Gasteiger partial charge in [-0.2, -0.15) is 8.78 Å². The molecule has 0 aromatic heterocycles. The van der Waals surface area contributed by atoms with Gasteiger partial charge >= 0.3 is 6.61 Å². The Balaban J connectivity index is 2.07. The van der Waals surface area contributed by atoms with E-state index in [0.717, 1.165) is 0 Å². The summed E-state index contributed by atoms with van der Waals surface area (Å²) in [6, 6.07) is 10.7. The number of rotatable bonds is 8. The van der Waals surface area contributed by atoms with Crippen molar-refractivity contribution in [1.29, 1.82) is 0 Å². The van der Waals surface area contributed by atoms with E-state index in [1.165, 1.54) is 36.2 Å². The lowest BCUT2D eigenvalue weighted by Crippen LogP contribution is -2.41. The lowest BCUT2D eigenvalue weighted by Gasteiger charge is -2.27. The van der Waals surface area contributed by atoms with Crippen LogP contribution < -0.4 is 15.2 Å². The minimum atomic E-state index is -2.99. The van der Waals surface area contributed by atoms with E-state index in [4.69, 9.17) is 10.5 Å². The Hall–Kier alpha value is -3.30. The zero-order valence-electron chi connectivity index (χ0n) is 16.8. The molecule has 0 saturated heterocycles. The SMILES string of the molecule is Cc1cc([C@]2(c3cccc(OCCC(F)F)c3)N=C(N)N(C)C2=O)ccc1OC(F)F. The predicted molar refractivity (Wildman–Crippen MR) is 106 cm³/mol. The van der Waals surface area contributed by atoms with E-state index in [1.807, 2.05) is 0 Å². The van der Waals surface area contributed by atoms with E-state index in [-0.39, 0.29) is 24.1 Å². The second kappa shape index (κ2) is 8.83. The molecule has 0 fully saturated rings. The second-order valence-corrected chi connectivity index (χ2v) is 6.96. The molecule has 10 heteroatoms. The van der Waals surface area contributed by atoms with Crippen molar-refractivity contribution >= 4 is 11.9 Å². The summed E-state index contributed by atoms with van der Waals surface area (Å²) >= 11 is 0. The minimum absolute atomic E-state index is 0.0282. The molecule has 0 aliphatic carbocycles. The lowest BCUT2D eigenvalue weighted by molar-refractivity contribution is -0.129. The number of benzene rings is 2. The fourth-order valence-electron chi connectivity index (χ4n) is 3.36. The van der Waals surface area contributed by atoms with Crippen LogP contribution in [0.4, 0.5) is 17.6 Å². The summed E-state index contributed by atoms with van der Waals surface area (Å²) in [6.45, 7) is -1.63. The van der Waals surface area contributed by atoms with Crippen LogP contribution in [0.15, 0.2) is 47.5 Å². The monoisotopic (exact) mass is 439 g/mol. The van der Waals surface area contributed by atoms with Crippen molar-refractivity contribution in [2.45, 2.75) is 31.9 Å². The van der Waals surface area contributed by atoms with Gasteiger partial charge in [0.05, 0.1) is 6.61 Å². The van der Waals surface area contributed by atoms with Crippen LogP contribution in [0.1, 0.15) is 23.1 Å². The topological polar surface area (TPSA) is 77.2 Å². The Morgan fingerprint density at radius 3 is 2.42 bits per heavy atom. The molecule has 0 bridgehead atoms. The Morgan fingerprint density at radius 1 is 1.13 bits per heavy atom. The average Bonchev–Trinajstić information content (AvgIpc) is 2.94. The third-order valence-electron chi connectivity index (χ3n) is 4.91. The number of aryl methyl sites for hydroxylation is 1. The molecule has 3 rings (SSSR count). The zero-order valence-corrected chi connectivity index (χ0v) is 16.8. The fraction of sp³-hybridized carbons (Fsp3) is 0.333. The molecule has 1 aliphatic rings. The molecule has 0 unspecified atom stereocenters. The van der Waals surface area contributed by atoms with E-state index in [2.05, 4.69) is 9.73 Å². The number of halogens is 4. The number of aliphatic imine (C=N–C) groups is 1. The van der Waals surface area contributed by atoms with Crippen LogP contribution >= 0.6 is 0 Å². The largest absolute Gasteiger partial charge is 0.493 e. The van der Waals surface area contributed by atoms with Gasteiger partial charge in [0, 0.05) is 13.5 Å². The number of nitrogens with two attached hydrogens (primary N) is 1. The number of amides is 1. The lowest BCUT2D eigenvalue weighted by atomic mass is 9.82. The van der Waals surface area contributed by atoms with Gasteiger partial charge in [0.1, 0.15) is 11.5 Å². The third kappa shape index (κ3) is 4.42. The Kier molecular flexibility index (Phi) is 6.37. The number of carbonyl (C=O) groups is 1. The summed E-state index contributed by atoms with van der Waals surface area (Å²) in [7, 11) is 1.47. The van der Waals surface area contributed by atoms with Crippen molar-refractivity contribution in [3.8, 4) is 11.5 Å². The van der Waals surface area contributed by atoms with E-state index in [0.29, 0.717) is 16.7 Å². The van der Waals surface area contributed by atoms with Gasteiger partial charge in [0.25, 0.3) is 5.91 Å². The van der Waals surface area contributed by atoms with Crippen LogP contribution in [0.5, 0.6) is 11.5 Å². The first-order valence-corrected chi connectivity index (χ1v) is 9.36. The summed E-state index contributed by atoms with van der Waals surface area (Å²) in [4.78, 5) is 18.9. The number of nitrogens with zero attached hydrogens (tertiary/aromatic N) is 2. The molecule has 166 valence electrons. The van der Waals surface area contributed by atoms with E-state index in [1.54, 1.807) is 25.1 Å². The van der Waals surface area contributed by atoms with Gasteiger partial charge in [-0.05, 0) is 47.9 Å². The van der Waals surface area contributed by atoms with Gasteiger partial charge in [-0.1, -0.05) is 18.2 Å². The number of ether oxygens (including phenoxy) is 2. The molecule has 0 spiro atoms. The molecule has 2 aromatic rings. The number of alkyl halides is 4. The third-order valence-corrected chi connectivity index (χ3v) is 4.91. The summed E-state index contributed by atoms with van der Waals surface area (Å²) < 4.78 is 59.9. The number of guanidine groups is 1. The van der Waals surface area contributed by atoms with E-state index >= 15 is 0 Å². The molecule has 6 nitrogen and oxygen atoms in total. The Labute approximate surface area is 176 Å². The summed E-state index contributed by atoms with van der Waals surface area (Å²) in [5.41, 5.74) is 5.48. The van der Waals surface area contributed by atoms with Gasteiger partial charge in [-0.3, -0.25) is 9.69 Å². The minimum Gasteiger partial charge on any atom is -0.493 e. The highest BCUT2D eigenvalue weighted by Crippen LogP contribution is 2.41. The molecule has 2 N–H and O–H groups in total. The Bertz CT molecular complexity index is 1000. The zero-order chi connectivity index (χ0) is 22.8. The molecular formula is C21H21F4N3O3. The molecule has 0 radical (unpaired) electrons. The molecule has 1 atom stereocenters. The van der Waals surface area contributed by atoms with Crippen LogP contribution in [0.3, 0.4) is 0 Å². The highest BCUT2D eigenvalue weighted by atomic mass is 19.3. The first kappa shape index (κ1) is 22.4. The van der Waals surface area contributed by atoms with Crippen molar-refractivity contribution in [3.63, 3.8) is 0 Å². The van der Waals surface area contributed by atoms with Crippen LogP contribution in [0.25, 0.3) is 0 Å². The second-order valence-electron chi connectivity index (χ2n) is 6.96. The fourth-order valence-corrected chi connectivity index (χ4v) is 3.36.